The van der Waals surface area contributed by atoms with Crippen molar-refractivity contribution < 1.29 is 4.74 Å². The Labute approximate surface area is 116 Å². The molecule has 1 atom stereocenters. The molecule has 1 unspecified atom stereocenters. The molecule has 0 aliphatic carbocycles. The number of nitrogens with zero attached hydrogens (tertiary/aromatic N) is 3. The fourth-order valence-corrected chi connectivity index (χ4v) is 2.25. The van der Waals surface area contributed by atoms with E-state index in [0.717, 1.165) is 0 Å². The van der Waals surface area contributed by atoms with Crippen molar-refractivity contribution in [3.63, 3.8) is 0 Å². The molecule has 3 N–H and O–H groups in total. The maximum atomic E-state index is 5.65. The molecule has 0 radical (unpaired) electrons. The van der Waals surface area contributed by atoms with Gasteiger partial charge in [-0.1, -0.05) is 0 Å². The van der Waals surface area contributed by atoms with E-state index >= 15 is 0 Å². The van der Waals surface area contributed by atoms with Crippen molar-refractivity contribution in [2.45, 2.75) is 32.9 Å². The number of nitrogens with two attached hydrogens (primary N) is 1. The molecule has 0 amide bonds. The van der Waals surface area contributed by atoms with Crippen LogP contribution in [0.4, 0.5) is 11.9 Å². The smallest absolute Gasteiger partial charge is 0.323 e. The number of nitrogen functional groups attached to an aromatic ring is 1. The Morgan fingerprint density at radius 3 is 2.68 bits per heavy atom. The normalized spacial score (nSPS) is 12.4. The fraction of sp³-hybridized carbons (Fsp3) is 0.417. The van der Waals surface area contributed by atoms with Crippen LogP contribution in [0.2, 0.25) is 0 Å². The van der Waals surface area contributed by atoms with Crippen LogP contribution < -0.4 is 15.8 Å². The van der Waals surface area contributed by atoms with Gasteiger partial charge in [-0.25, -0.2) is 0 Å². The van der Waals surface area contributed by atoms with E-state index in [-0.39, 0.29) is 24.1 Å². The third-order valence-electron chi connectivity index (χ3n) is 2.36. The monoisotopic (exact) mass is 279 g/mol. The molecule has 6 nitrogen and oxygen atoms in total. The van der Waals surface area contributed by atoms with Crippen LogP contribution in [-0.4, -0.2) is 21.1 Å². The summed E-state index contributed by atoms with van der Waals surface area (Å²) in [7, 11) is 0. The molecule has 102 valence electrons. The van der Waals surface area contributed by atoms with Crippen molar-refractivity contribution in [3.05, 3.63) is 22.4 Å². The van der Waals surface area contributed by atoms with E-state index in [1.54, 1.807) is 11.3 Å². The topological polar surface area (TPSA) is 86.0 Å². The van der Waals surface area contributed by atoms with E-state index in [1.165, 1.54) is 5.56 Å². The number of thiophene rings is 1. The van der Waals surface area contributed by atoms with Gasteiger partial charge in [0.15, 0.2) is 0 Å². The third-order valence-corrected chi connectivity index (χ3v) is 3.06. The van der Waals surface area contributed by atoms with Crippen molar-refractivity contribution in [2.75, 3.05) is 11.1 Å². The van der Waals surface area contributed by atoms with Crippen LogP contribution in [0, 0.1) is 0 Å². The van der Waals surface area contributed by atoms with Crippen LogP contribution in [0.1, 0.15) is 32.4 Å². The van der Waals surface area contributed by atoms with Gasteiger partial charge in [-0.15, -0.1) is 0 Å². The quantitative estimate of drug-likeness (QED) is 0.874. The molecule has 0 aromatic carbocycles. The lowest BCUT2D eigenvalue weighted by Gasteiger charge is -2.14. The summed E-state index contributed by atoms with van der Waals surface area (Å²) in [6, 6.07) is 2.39. The van der Waals surface area contributed by atoms with Gasteiger partial charge in [0.2, 0.25) is 11.9 Å². The minimum absolute atomic E-state index is 0.0102. The van der Waals surface area contributed by atoms with Gasteiger partial charge in [-0.3, -0.25) is 0 Å². The zero-order valence-corrected chi connectivity index (χ0v) is 11.9. The van der Waals surface area contributed by atoms with Gasteiger partial charge in [-0.2, -0.15) is 26.3 Å². The lowest BCUT2D eigenvalue weighted by atomic mass is 10.2. The second-order valence-electron chi connectivity index (χ2n) is 4.39. The number of anilines is 2. The summed E-state index contributed by atoms with van der Waals surface area (Å²) in [5, 5.41) is 7.29. The highest BCUT2D eigenvalue weighted by Gasteiger charge is 2.11. The number of ether oxygens (including phenoxy) is 1. The number of hydrogen-bond donors (Lipinski definition) is 2. The Morgan fingerprint density at radius 1 is 1.26 bits per heavy atom. The molecule has 2 heterocycles. The number of hydrogen-bond acceptors (Lipinski definition) is 7. The molecular formula is C12H17N5OS. The molecule has 19 heavy (non-hydrogen) atoms. The summed E-state index contributed by atoms with van der Waals surface area (Å²) in [5.74, 6) is 0.563. The van der Waals surface area contributed by atoms with Gasteiger partial charge in [0.05, 0.1) is 12.1 Å². The van der Waals surface area contributed by atoms with E-state index in [1.807, 2.05) is 26.2 Å². The Kier molecular flexibility index (Phi) is 4.16. The minimum atomic E-state index is -0.0102. The highest BCUT2D eigenvalue weighted by molar-refractivity contribution is 7.07. The van der Waals surface area contributed by atoms with Gasteiger partial charge < -0.3 is 15.8 Å². The molecule has 0 bridgehead atoms. The molecule has 7 heteroatoms. The summed E-state index contributed by atoms with van der Waals surface area (Å²) in [4.78, 5) is 12.2. The van der Waals surface area contributed by atoms with Gasteiger partial charge in [0.1, 0.15) is 0 Å². The molecule has 0 aliphatic heterocycles. The summed E-state index contributed by atoms with van der Waals surface area (Å²) in [5.41, 5.74) is 6.83. The molecule has 0 aliphatic rings. The van der Waals surface area contributed by atoms with Crippen LogP contribution in [0.5, 0.6) is 6.01 Å². The standard InChI is InChI=1S/C12H17N5OS/c1-7(2)18-12-16-10(13)15-11(17-12)14-8(3)9-4-5-19-6-9/h4-8H,1-3H3,(H3,13,14,15,16,17). The highest BCUT2D eigenvalue weighted by atomic mass is 32.1. The van der Waals surface area contributed by atoms with Gasteiger partial charge in [-0.05, 0) is 43.2 Å². The van der Waals surface area contributed by atoms with Crippen LogP contribution in [0.15, 0.2) is 16.8 Å². The Hall–Kier alpha value is -1.89. The van der Waals surface area contributed by atoms with Gasteiger partial charge in [0, 0.05) is 0 Å². The van der Waals surface area contributed by atoms with E-state index in [4.69, 9.17) is 10.5 Å². The molecule has 0 fully saturated rings. The third kappa shape index (κ3) is 3.78. The van der Waals surface area contributed by atoms with E-state index in [9.17, 15) is 0 Å². The summed E-state index contributed by atoms with van der Waals surface area (Å²) in [6.45, 7) is 5.84. The lowest BCUT2D eigenvalue weighted by Crippen LogP contribution is -2.14. The Morgan fingerprint density at radius 2 is 2.05 bits per heavy atom. The maximum absolute atomic E-state index is 5.65. The predicted molar refractivity (Wildman–Crippen MR) is 76.4 cm³/mol. The summed E-state index contributed by atoms with van der Waals surface area (Å²) >= 11 is 1.65. The van der Waals surface area contributed by atoms with Crippen molar-refractivity contribution in [1.82, 2.24) is 15.0 Å². The first-order chi connectivity index (χ1) is 9.04. The van der Waals surface area contributed by atoms with Crippen LogP contribution in [0.3, 0.4) is 0 Å². The van der Waals surface area contributed by atoms with Crippen molar-refractivity contribution >= 4 is 23.2 Å². The fourth-order valence-electron chi connectivity index (χ4n) is 1.50. The van der Waals surface area contributed by atoms with Gasteiger partial charge >= 0.3 is 6.01 Å². The van der Waals surface area contributed by atoms with Gasteiger partial charge in [0.25, 0.3) is 0 Å². The van der Waals surface area contributed by atoms with Crippen molar-refractivity contribution in [2.24, 2.45) is 0 Å². The summed E-state index contributed by atoms with van der Waals surface area (Å²) < 4.78 is 5.43. The van der Waals surface area contributed by atoms with Crippen LogP contribution in [-0.2, 0) is 0 Å². The maximum Gasteiger partial charge on any atom is 0.323 e. The Bertz CT molecular complexity index is 529. The van der Waals surface area contributed by atoms with E-state index in [2.05, 4.69) is 31.7 Å². The zero-order chi connectivity index (χ0) is 13.8. The predicted octanol–water partition coefficient (Wildman–Crippen LogP) is 2.48. The molecule has 0 spiro atoms. The SMILES string of the molecule is CC(C)Oc1nc(N)nc(NC(C)c2ccsc2)n1. The lowest BCUT2D eigenvalue weighted by molar-refractivity contribution is 0.222. The second-order valence-corrected chi connectivity index (χ2v) is 5.17. The van der Waals surface area contributed by atoms with Crippen molar-refractivity contribution in [1.29, 1.82) is 0 Å². The largest absolute Gasteiger partial charge is 0.461 e. The van der Waals surface area contributed by atoms with E-state index < -0.39 is 0 Å². The Balaban J connectivity index is 2.13. The first-order valence-electron chi connectivity index (χ1n) is 6.01. The number of aromatic nitrogens is 3. The summed E-state index contributed by atoms with van der Waals surface area (Å²) in [6.07, 6.45) is -0.0102. The average molecular weight is 279 g/mol. The van der Waals surface area contributed by atoms with Crippen LogP contribution in [0.25, 0.3) is 0 Å². The molecule has 2 aromatic heterocycles. The first kappa shape index (κ1) is 13.5. The molecule has 0 saturated carbocycles. The molecular weight excluding hydrogens is 262 g/mol. The molecule has 2 rings (SSSR count). The zero-order valence-electron chi connectivity index (χ0n) is 11.1. The number of nitrogens with one attached hydrogen (secondary N) is 1. The van der Waals surface area contributed by atoms with Crippen molar-refractivity contribution in [3.8, 4) is 6.01 Å². The molecule has 0 saturated heterocycles. The number of rotatable bonds is 5. The highest BCUT2D eigenvalue weighted by Crippen LogP contribution is 2.20. The second kappa shape index (κ2) is 5.83. The van der Waals surface area contributed by atoms with Crippen LogP contribution >= 0.6 is 11.3 Å². The average Bonchev–Trinajstić information content (AvgIpc) is 2.79. The molecule has 2 aromatic rings. The first-order valence-corrected chi connectivity index (χ1v) is 6.95. The minimum Gasteiger partial charge on any atom is -0.461 e. The van der Waals surface area contributed by atoms with E-state index in [0.29, 0.717) is 5.95 Å².